The smallest absolute Gasteiger partial charge is 0.312 e. The molecule has 3 fully saturated rings. The van der Waals surface area contributed by atoms with E-state index >= 15 is 0 Å². The van der Waals surface area contributed by atoms with Crippen LogP contribution in [0, 0.1) is 17.8 Å². The van der Waals surface area contributed by atoms with E-state index in [1.54, 1.807) is 6.92 Å². The Morgan fingerprint density at radius 1 is 1.24 bits per heavy atom. The highest BCUT2D eigenvalue weighted by Crippen LogP contribution is 2.60. The summed E-state index contributed by atoms with van der Waals surface area (Å²) in [7, 11) is 0. The van der Waals surface area contributed by atoms with Crippen molar-refractivity contribution in [1.82, 2.24) is 4.90 Å². The van der Waals surface area contributed by atoms with Crippen molar-refractivity contribution in [2.75, 3.05) is 36.5 Å². The van der Waals surface area contributed by atoms with Gasteiger partial charge in [0, 0.05) is 29.3 Å². The molecule has 3 aliphatic heterocycles. The lowest BCUT2D eigenvalue weighted by Crippen LogP contribution is -2.57. The number of esters is 1. The van der Waals surface area contributed by atoms with Crippen molar-refractivity contribution in [2.45, 2.75) is 69.7 Å². The summed E-state index contributed by atoms with van der Waals surface area (Å²) in [6.07, 6.45) is -0.166. The first-order valence-corrected chi connectivity index (χ1v) is 14.1. The maximum atomic E-state index is 14.0. The summed E-state index contributed by atoms with van der Waals surface area (Å²) in [4.78, 5) is 44.4. The van der Waals surface area contributed by atoms with Crippen molar-refractivity contribution in [2.24, 2.45) is 17.8 Å². The van der Waals surface area contributed by atoms with Crippen LogP contribution >= 0.6 is 15.9 Å². The fourth-order valence-corrected chi connectivity index (χ4v) is 7.35. The number of rotatable bonds is 10. The third-order valence-corrected chi connectivity index (χ3v) is 8.96. The normalized spacial score (nSPS) is 31.0. The van der Waals surface area contributed by atoms with Crippen LogP contribution in [-0.2, 0) is 23.9 Å². The maximum absolute atomic E-state index is 14.0. The van der Waals surface area contributed by atoms with Crippen LogP contribution in [0.15, 0.2) is 24.3 Å². The van der Waals surface area contributed by atoms with Gasteiger partial charge in [0.25, 0.3) is 0 Å². The molecule has 0 saturated carbocycles. The maximum Gasteiger partial charge on any atom is 0.312 e. The number of halogens is 1. The number of nitrogens with one attached hydrogen (secondary N) is 1. The largest absolute Gasteiger partial charge is 0.466 e. The number of anilines is 2. The summed E-state index contributed by atoms with van der Waals surface area (Å²) in [5.41, 5.74) is 0.459. The summed E-state index contributed by atoms with van der Waals surface area (Å²) in [5.74, 6) is -3.01. The number of likely N-dealkylation sites (tertiary alicyclic amines) is 1. The van der Waals surface area contributed by atoms with Crippen molar-refractivity contribution in [3.05, 3.63) is 24.3 Å². The second kappa shape index (κ2) is 10.9. The van der Waals surface area contributed by atoms with E-state index in [9.17, 15) is 19.5 Å². The van der Waals surface area contributed by atoms with Gasteiger partial charge in [0.15, 0.2) is 0 Å². The van der Waals surface area contributed by atoms with Gasteiger partial charge >= 0.3 is 5.97 Å². The van der Waals surface area contributed by atoms with Crippen LogP contribution in [0.1, 0.15) is 41.0 Å². The number of hydrogen-bond acceptors (Lipinski definition) is 7. The molecule has 0 aliphatic carbocycles. The molecule has 1 spiro atoms. The van der Waals surface area contributed by atoms with Crippen LogP contribution < -0.4 is 10.2 Å². The Kier molecular flexibility index (Phi) is 8.21. The first kappa shape index (κ1) is 27.9. The number of amides is 2. The molecule has 37 heavy (non-hydrogen) atoms. The van der Waals surface area contributed by atoms with Crippen LogP contribution in [0.25, 0.3) is 0 Å². The monoisotopic (exact) mass is 579 g/mol. The standard InChI is InChI=1S/C27H38BrN3O6/c1-6-30(7-2)17-11-9-16(10-12-17)29-24(33)23-27-13-18(28)22(37-27)20(26(35)36-8-3)21(27)25(34)31(23)19(14-32)15(4)5/h9-12,15,18-23,32H,6-8,13-14H2,1-5H3,(H,29,33)/t18?,19-,20+,21-,22+,23+,27-/m0/s1. The average molecular weight is 581 g/mol. The van der Waals surface area contributed by atoms with Gasteiger partial charge in [-0.15, -0.1) is 0 Å². The minimum atomic E-state index is -1.19. The van der Waals surface area contributed by atoms with Crippen molar-refractivity contribution < 1.29 is 29.0 Å². The molecule has 2 N–H and O–H groups in total. The third-order valence-electron chi connectivity index (χ3n) is 8.11. The molecule has 0 radical (unpaired) electrons. The molecule has 10 heteroatoms. The molecule has 9 nitrogen and oxygen atoms in total. The number of aliphatic hydroxyl groups is 1. The molecule has 2 amide bonds. The van der Waals surface area contributed by atoms with Gasteiger partial charge in [-0.1, -0.05) is 29.8 Å². The second-order valence-corrected chi connectivity index (χ2v) is 11.5. The first-order chi connectivity index (χ1) is 17.6. The molecule has 1 aromatic rings. The zero-order valence-corrected chi connectivity index (χ0v) is 23.7. The number of alkyl halides is 1. The SMILES string of the molecule is CCOC(=O)[C@H]1[C@@H]2O[C@@]3(CC2Br)[C@@H]1C(=O)N([C@@H](CO)C(C)C)[C@@H]3C(=O)Nc1ccc(N(CC)CC)cc1. The topological polar surface area (TPSA) is 108 Å². The average Bonchev–Trinajstić information content (AvgIpc) is 3.45. The summed E-state index contributed by atoms with van der Waals surface area (Å²) in [6.45, 7) is 11.3. The van der Waals surface area contributed by atoms with Gasteiger partial charge in [0.1, 0.15) is 11.6 Å². The molecule has 3 saturated heterocycles. The van der Waals surface area contributed by atoms with E-state index < -0.39 is 47.5 Å². The van der Waals surface area contributed by atoms with Gasteiger partial charge in [0.05, 0.1) is 37.2 Å². The van der Waals surface area contributed by atoms with Gasteiger partial charge < -0.3 is 29.7 Å². The summed E-state index contributed by atoms with van der Waals surface area (Å²) in [5, 5.41) is 13.2. The minimum absolute atomic E-state index is 0.120. The number of carbonyl (C=O) groups is 3. The number of aliphatic hydroxyl groups excluding tert-OH is 1. The van der Waals surface area contributed by atoms with Crippen LogP contribution in [0.2, 0.25) is 0 Å². The third kappa shape index (κ3) is 4.55. The van der Waals surface area contributed by atoms with Crippen molar-refractivity contribution >= 4 is 45.1 Å². The Hall–Kier alpha value is -2.17. The Labute approximate surface area is 227 Å². The highest BCUT2D eigenvalue weighted by molar-refractivity contribution is 9.09. The summed E-state index contributed by atoms with van der Waals surface area (Å²) < 4.78 is 11.8. The molecule has 2 bridgehead atoms. The van der Waals surface area contributed by atoms with E-state index in [0.29, 0.717) is 12.1 Å². The molecule has 7 atom stereocenters. The molecule has 3 aliphatic rings. The van der Waals surface area contributed by atoms with E-state index in [1.165, 1.54) is 4.90 Å². The van der Waals surface area contributed by atoms with Crippen molar-refractivity contribution in [3.63, 3.8) is 0 Å². The van der Waals surface area contributed by atoms with Gasteiger partial charge in [-0.05, 0) is 57.4 Å². The predicted molar refractivity (Wildman–Crippen MR) is 144 cm³/mol. The summed E-state index contributed by atoms with van der Waals surface area (Å²) in [6, 6.07) is 5.98. The van der Waals surface area contributed by atoms with Gasteiger partial charge in [-0.3, -0.25) is 14.4 Å². The van der Waals surface area contributed by atoms with Crippen LogP contribution in [-0.4, -0.2) is 82.7 Å². The molecular formula is C27H38BrN3O6. The van der Waals surface area contributed by atoms with Crippen LogP contribution in [0.5, 0.6) is 0 Å². The minimum Gasteiger partial charge on any atom is -0.466 e. The molecule has 1 aromatic carbocycles. The predicted octanol–water partition coefficient (Wildman–Crippen LogP) is 2.80. The first-order valence-electron chi connectivity index (χ1n) is 13.2. The molecule has 3 heterocycles. The highest BCUT2D eigenvalue weighted by atomic mass is 79.9. The Bertz CT molecular complexity index is 1020. The highest BCUT2D eigenvalue weighted by Gasteiger charge is 2.77. The summed E-state index contributed by atoms with van der Waals surface area (Å²) >= 11 is 3.64. The number of carbonyl (C=O) groups excluding carboxylic acids is 3. The molecule has 204 valence electrons. The fraction of sp³-hybridized carbons (Fsp3) is 0.667. The zero-order valence-electron chi connectivity index (χ0n) is 22.1. The van der Waals surface area contributed by atoms with Crippen LogP contribution in [0.4, 0.5) is 11.4 Å². The Balaban J connectivity index is 1.71. The van der Waals surface area contributed by atoms with Gasteiger partial charge in [0.2, 0.25) is 11.8 Å². The van der Waals surface area contributed by atoms with Crippen molar-refractivity contribution in [1.29, 1.82) is 0 Å². The van der Waals surface area contributed by atoms with E-state index in [-0.39, 0.29) is 29.9 Å². The Morgan fingerprint density at radius 2 is 1.89 bits per heavy atom. The van der Waals surface area contributed by atoms with Gasteiger partial charge in [-0.2, -0.15) is 0 Å². The fourth-order valence-electron chi connectivity index (χ4n) is 6.41. The van der Waals surface area contributed by atoms with E-state index in [0.717, 1.165) is 18.8 Å². The number of fused-ring (bicyclic) bond motifs is 1. The molecule has 4 rings (SSSR count). The van der Waals surface area contributed by atoms with E-state index in [4.69, 9.17) is 9.47 Å². The molecule has 1 unspecified atom stereocenters. The lowest BCUT2D eigenvalue weighted by Gasteiger charge is -2.38. The lowest BCUT2D eigenvalue weighted by molar-refractivity contribution is -0.155. The number of nitrogens with zero attached hydrogens (tertiary/aromatic N) is 2. The number of ether oxygens (including phenoxy) is 2. The van der Waals surface area contributed by atoms with Crippen molar-refractivity contribution in [3.8, 4) is 0 Å². The zero-order chi connectivity index (χ0) is 27.1. The quantitative estimate of drug-likeness (QED) is 0.324. The van der Waals surface area contributed by atoms with E-state index in [1.807, 2.05) is 38.1 Å². The molecular weight excluding hydrogens is 542 g/mol. The number of hydrogen-bond donors (Lipinski definition) is 2. The van der Waals surface area contributed by atoms with Crippen LogP contribution in [0.3, 0.4) is 0 Å². The molecule has 0 aromatic heterocycles. The van der Waals surface area contributed by atoms with E-state index in [2.05, 4.69) is 40.0 Å². The number of benzene rings is 1. The Morgan fingerprint density at radius 3 is 2.43 bits per heavy atom. The van der Waals surface area contributed by atoms with Gasteiger partial charge in [-0.25, -0.2) is 0 Å². The lowest BCUT2D eigenvalue weighted by atomic mass is 9.70. The second-order valence-electron chi connectivity index (χ2n) is 10.4.